The largest absolute Gasteiger partial charge is 0.381 e. The second kappa shape index (κ2) is 10.1. The minimum Gasteiger partial charge on any atom is -0.381 e. The molecule has 0 aliphatic carbocycles. The van der Waals surface area contributed by atoms with Crippen molar-refractivity contribution in [3.05, 3.63) is 98.7 Å². The van der Waals surface area contributed by atoms with E-state index in [0.29, 0.717) is 47.2 Å². The standard InChI is InChI=1S/C32H33FN6O3/c1-18-14-24(15-19(2)29(18)33)39-30(38-11-9-34-32(38)41)28-20(3)37(10-6-26(28)36-39)31(40)27-17-23-16-22(4-5-25(23)35-27)21-7-12-42-13-8-21/h4-5,9,11,14-17,20-21,35H,6-8,10,12-13H2,1-3H3,(H,34,41)/t20-/m0/s1. The first-order valence-electron chi connectivity index (χ1n) is 14.5. The summed E-state index contributed by atoms with van der Waals surface area (Å²) in [6.07, 6.45) is 5.76. The van der Waals surface area contributed by atoms with E-state index in [-0.39, 0.29) is 23.5 Å². The van der Waals surface area contributed by atoms with Gasteiger partial charge in [0.1, 0.15) is 17.3 Å². The zero-order valence-electron chi connectivity index (χ0n) is 23.9. The van der Waals surface area contributed by atoms with Crippen LogP contribution in [0.5, 0.6) is 0 Å². The molecule has 216 valence electrons. The molecule has 0 spiro atoms. The minimum atomic E-state index is -0.362. The van der Waals surface area contributed by atoms with Gasteiger partial charge in [-0.15, -0.1) is 0 Å². The topological polar surface area (TPSA) is 101 Å². The molecule has 2 aliphatic rings. The molecule has 0 bridgehead atoms. The highest BCUT2D eigenvalue weighted by atomic mass is 19.1. The number of benzene rings is 2. The van der Waals surface area contributed by atoms with Crippen LogP contribution in [-0.4, -0.2) is 54.9 Å². The van der Waals surface area contributed by atoms with Gasteiger partial charge in [-0.25, -0.2) is 13.9 Å². The summed E-state index contributed by atoms with van der Waals surface area (Å²) < 4.78 is 23.2. The number of aromatic nitrogens is 5. The van der Waals surface area contributed by atoms with E-state index in [2.05, 4.69) is 28.2 Å². The van der Waals surface area contributed by atoms with Crippen molar-refractivity contribution in [2.75, 3.05) is 19.8 Å². The lowest BCUT2D eigenvalue weighted by Gasteiger charge is -2.33. The highest BCUT2D eigenvalue weighted by Crippen LogP contribution is 2.37. The number of hydrogen-bond donors (Lipinski definition) is 2. The second-order valence-electron chi connectivity index (χ2n) is 11.5. The zero-order chi connectivity index (χ0) is 29.1. The van der Waals surface area contributed by atoms with Crippen molar-refractivity contribution in [1.82, 2.24) is 29.2 Å². The number of carbonyl (C=O) groups is 1. The van der Waals surface area contributed by atoms with E-state index >= 15 is 0 Å². The van der Waals surface area contributed by atoms with Crippen LogP contribution in [0.15, 0.2) is 53.6 Å². The highest BCUT2D eigenvalue weighted by molar-refractivity contribution is 5.98. The summed E-state index contributed by atoms with van der Waals surface area (Å²) in [4.78, 5) is 34.7. The molecule has 5 heterocycles. The zero-order valence-corrected chi connectivity index (χ0v) is 23.9. The molecule has 1 amide bonds. The fraction of sp³-hybridized carbons (Fsp3) is 0.344. The van der Waals surface area contributed by atoms with Crippen LogP contribution in [0.25, 0.3) is 22.4 Å². The molecule has 2 N–H and O–H groups in total. The van der Waals surface area contributed by atoms with Crippen LogP contribution in [0.1, 0.15) is 70.2 Å². The van der Waals surface area contributed by atoms with Gasteiger partial charge in [-0.2, -0.15) is 5.10 Å². The molecule has 2 aliphatic heterocycles. The smallest absolute Gasteiger partial charge is 0.331 e. The number of fused-ring (bicyclic) bond motifs is 2. The van der Waals surface area contributed by atoms with Crippen molar-refractivity contribution in [1.29, 1.82) is 0 Å². The molecule has 10 heteroatoms. The molecule has 1 saturated heterocycles. The Morgan fingerprint density at radius 1 is 1.10 bits per heavy atom. The molecule has 5 aromatic rings. The first-order chi connectivity index (χ1) is 20.3. The lowest BCUT2D eigenvalue weighted by atomic mass is 9.91. The molecule has 2 aromatic carbocycles. The van der Waals surface area contributed by atoms with Gasteiger partial charge in [0.15, 0.2) is 0 Å². The first-order valence-corrected chi connectivity index (χ1v) is 14.5. The van der Waals surface area contributed by atoms with E-state index in [9.17, 15) is 14.0 Å². The number of carbonyl (C=O) groups excluding carboxylic acids is 1. The van der Waals surface area contributed by atoms with Gasteiger partial charge in [0.05, 0.1) is 17.4 Å². The van der Waals surface area contributed by atoms with Crippen molar-refractivity contribution < 1.29 is 13.9 Å². The fourth-order valence-electron chi connectivity index (χ4n) is 6.58. The van der Waals surface area contributed by atoms with E-state index in [0.717, 1.165) is 48.2 Å². The van der Waals surface area contributed by atoms with E-state index in [1.54, 1.807) is 43.1 Å². The van der Waals surface area contributed by atoms with Crippen molar-refractivity contribution in [3.63, 3.8) is 0 Å². The number of imidazole rings is 1. The maximum absolute atomic E-state index is 14.5. The molecule has 0 saturated carbocycles. The van der Waals surface area contributed by atoms with Crippen LogP contribution in [0.3, 0.4) is 0 Å². The van der Waals surface area contributed by atoms with Gasteiger partial charge in [-0.05, 0) is 86.6 Å². The third kappa shape index (κ3) is 4.28. The SMILES string of the molecule is Cc1cc(-n2nc3c(c2-n2cc[nH]c2=O)[C@H](C)N(C(=O)c2cc4cc(C5CCOCC5)ccc4[nH]2)CC3)cc(C)c1F. The summed E-state index contributed by atoms with van der Waals surface area (Å²) in [5.74, 6) is 0.646. The summed E-state index contributed by atoms with van der Waals surface area (Å²) in [5.41, 5.74) is 5.67. The van der Waals surface area contributed by atoms with Gasteiger partial charge in [-0.3, -0.25) is 9.36 Å². The Kier molecular flexibility index (Phi) is 6.38. The average molecular weight is 569 g/mol. The number of H-pyrrole nitrogens is 2. The van der Waals surface area contributed by atoms with E-state index < -0.39 is 0 Å². The lowest BCUT2D eigenvalue weighted by molar-refractivity contribution is 0.0672. The number of ether oxygens (including phenoxy) is 1. The van der Waals surface area contributed by atoms with Crippen molar-refractivity contribution in [2.24, 2.45) is 0 Å². The van der Waals surface area contributed by atoms with Gasteiger partial charge in [0.2, 0.25) is 0 Å². The minimum absolute atomic E-state index is 0.106. The third-order valence-corrected chi connectivity index (χ3v) is 8.82. The maximum atomic E-state index is 14.5. The molecule has 1 fully saturated rings. The molecular formula is C32H33FN6O3. The van der Waals surface area contributed by atoms with Crippen LogP contribution >= 0.6 is 0 Å². The van der Waals surface area contributed by atoms with Crippen molar-refractivity contribution in [2.45, 2.75) is 52.0 Å². The average Bonchev–Trinajstić information content (AvgIpc) is 3.72. The third-order valence-electron chi connectivity index (χ3n) is 8.82. The molecular weight excluding hydrogens is 535 g/mol. The first kappa shape index (κ1) is 26.5. The van der Waals surface area contributed by atoms with E-state index in [1.807, 2.05) is 17.9 Å². The van der Waals surface area contributed by atoms with Gasteiger partial charge in [0, 0.05) is 55.0 Å². The molecule has 9 nitrogen and oxygen atoms in total. The number of nitrogens with zero attached hydrogens (tertiary/aromatic N) is 4. The van der Waals surface area contributed by atoms with Gasteiger partial charge >= 0.3 is 5.69 Å². The fourth-order valence-corrected chi connectivity index (χ4v) is 6.58. The Balaban J connectivity index is 1.27. The number of halogens is 1. The Hall–Kier alpha value is -4.44. The summed E-state index contributed by atoms with van der Waals surface area (Å²) in [5, 5.41) is 5.92. The number of aryl methyl sites for hydroxylation is 2. The maximum Gasteiger partial charge on any atom is 0.331 e. The Morgan fingerprint density at radius 3 is 2.57 bits per heavy atom. The van der Waals surface area contributed by atoms with Crippen LogP contribution < -0.4 is 5.69 Å². The highest BCUT2D eigenvalue weighted by Gasteiger charge is 2.36. The Morgan fingerprint density at radius 2 is 1.86 bits per heavy atom. The lowest BCUT2D eigenvalue weighted by Crippen LogP contribution is -2.39. The molecule has 0 radical (unpaired) electrons. The van der Waals surface area contributed by atoms with E-state index in [4.69, 9.17) is 9.84 Å². The van der Waals surface area contributed by atoms with Gasteiger partial charge < -0.3 is 19.6 Å². The van der Waals surface area contributed by atoms with Crippen molar-refractivity contribution in [3.8, 4) is 11.5 Å². The summed E-state index contributed by atoms with van der Waals surface area (Å²) in [6.45, 7) is 7.44. The normalized spacial score (nSPS) is 17.6. The van der Waals surface area contributed by atoms with Gasteiger partial charge in [-0.1, -0.05) is 6.07 Å². The number of nitrogens with one attached hydrogen (secondary N) is 2. The summed E-state index contributed by atoms with van der Waals surface area (Å²) in [6, 6.07) is 11.4. The van der Waals surface area contributed by atoms with Gasteiger partial charge in [0.25, 0.3) is 5.91 Å². The number of rotatable bonds is 4. The number of hydrogen-bond acceptors (Lipinski definition) is 4. The molecule has 42 heavy (non-hydrogen) atoms. The predicted octanol–water partition coefficient (Wildman–Crippen LogP) is 5.24. The summed E-state index contributed by atoms with van der Waals surface area (Å²) >= 11 is 0. The number of aromatic amines is 2. The van der Waals surface area contributed by atoms with Crippen LogP contribution in [0.2, 0.25) is 0 Å². The van der Waals surface area contributed by atoms with Crippen molar-refractivity contribution >= 4 is 16.8 Å². The molecule has 7 rings (SSSR count). The molecule has 0 unspecified atom stereocenters. The van der Waals surface area contributed by atoms with Crippen LogP contribution in [-0.2, 0) is 11.2 Å². The Bertz CT molecular complexity index is 1870. The quantitative estimate of drug-likeness (QED) is 0.310. The molecule has 3 aromatic heterocycles. The molecule has 1 atom stereocenters. The predicted molar refractivity (Wildman–Crippen MR) is 157 cm³/mol. The van der Waals surface area contributed by atoms with Crippen LogP contribution in [0.4, 0.5) is 4.39 Å². The number of amides is 1. The Labute approximate surface area is 241 Å². The van der Waals surface area contributed by atoms with Crippen LogP contribution in [0, 0.1) is 19.7 Å². The summed E-state index contributed by atoms with van der Waals surface area (Å²) in [7, 11) is 0. The monoisotopic (exact) mass is 568 g/mol. The second-order valence-corrected chi connectivity index (χ2v) is 11.5. The van der Waals surface area contributed by atoms with E-state index in [1.165, 1.54) is 10.1 Å².